The molecule has 0 amide bonds. The van der Waals surface area contributed by atoms with E-state index in [2.05, 4.69) is 0 Å². The summed E-state index contributed by atoms with van der Waals surface area (Å²) in [4.78, 5) is 12.1. The number of rotatable bonds is 7. The fourth-order valence-electron chi connectivity index (χ4n) is 1.23. The third-order valence-electron chi connectivity index (χ3n) is 1.91. The molecule has 0 aliphatic rings. The summed E-state index contributed by atoms with van der Waals surface area (Å²) in [5.41, 5.74) is 0. The molecular formula is C11H16O4S. The summed E-state index contributed by atoms with van der Waals surface area (Å²) < 4.78 is 10.6. The van der Waals surface area contributed by atoms with Gasteiger partial charge >= 0.3 is 5.97 Å². The van der Waals surface area contributed by atoms with E-state index in [4.69, 9.17) is 14.6 Å². The molecule has 1 aromatic rings. The van der Waals surface area contributed by atoms with Crippen LogP contribution in [-0.4, -0.2) is 30.9 Å². The molecule has 5 heteroatoms. The van der Waals surface area contributed by atoms with Crippen LogP contribution in [0.3, 0.4) is 0 Å². The molecule has 16 heavy (non-hydrogen) atoms. The lowest BCUT2D eigenvalue weighted by Gasteiger charge is -2.05. The summed E-state index contributed by atoms with van der Waals surface area (Å²) in [6.45, 7) is 5.62. The van der Waals surface area contributed by atoms with Crippen molar-refractivity contribution in [3.63, 3.8) is 0 Å². The van der Waals surface area contributed by atoms with Gasteiger partial charge in [0.05, 0.1) is 6.61 Å². The lowest BCUT2D eigenvalue weighted by molar-refractivity contribution is 0.0697. The summed E-state index contributed by atoms with van der Waals surface area (Å²) in [5.74, 6) is -0.468. The second-order valence-corrected chi connectivity index (χ2v) is 4.51. The van der Waals surface area contributed by atoms with E-state index in [0.29, 0.717) is 25.6 Å². The van der Waals surface area contributed by atoms with E-state index in [-0.39, 0.29) is 4.88 Å². The molecule has 0 unspecified atom stereocenters. The zero-order chi connectivity index (χ0) is 12.0. The molecule has 1 N–H and O–H groups in total. The van der Waals surface area contributed by atoms with Crippen molar-refractivity contribution in [1.82, 2.24) is 0 Å². The van der Waals surface area contributed by atoms with Gasteiger partial charge in [-0.3, -0.25) is 0 Å². The van der Waals surface area contributed by atoms with Crippen molar-refractivity contribution in [2.24, 2.45) is 0 Å². The highest BCUT2D eigenvalue weighted by Crippen LogP contribution is 2.28. The predicted molar refractivity (Wildman–Crippen MR) is 62.6 cm³/mol. The molecule has 4 nitrogen and oxygen atoms in total. The Kier molecular flexibility index (Phi) is 5.28. The third-order valence-corrected chi connectivity index (χ3v) is 2.93. The normalized spacial score (nSPS) is 10.4. The minimum Gasteiger partial charge on any atom is -0.492 e. The first kappa shape index (κ1) is 13.0. The predicted octanol–water partition coefficient (Wildman–Crippen LogP) is 2.56. The maximum atomic E-state index is 10.9. The smallest absolute Gasteiger partial charge is 0.349 e. The Bertz CT molecular complexity index is 346. The molecule has 1 aromatic heterocycles. The Morgan fingerprint density at radius 3 is 2.88 bits per heavy atom. The Morgan fingerprint density at radius 2 is 2.25 bits per heavy atom. The van der Waals surface area contributed by atoms with Crippen molar-refractivity contribution in [2.45, 2.75) is 20.3 Å². The first-order valence-electron chi connectivity index (χ1n) is 5.19. The monoisotopic (exact) mass is 244 g/mol. The summed E-state index contributed by atoms with van der Waals surface area (Å²) in [7, 11) is 0. The van der Waals surface area contributed by atoms with Crippen LogP contribution in [0.15, 0.2) is 6.07 Å². The number of aryl methyl sites for hydroxylation is 1. The van der Waals surface area contributed by atoms with E-state index >= 15 is 0 Å². The summed E-state index contributed by atoms with van der Waals surface area (Å²) in [6.07, 6.45) is 0.766. The number of thiophene rings is 1. The van der Waals surface area contributed by atoms with Crippen molar-refractivity contribution >= 4 is 17.3 Å². The van der Waals surface area contributed by atoms with E-state index in [1.807, 2.05) is 13.8 Å². The highest BCUT2D eigenvalue weighted by atomic mass is 32.1. The van der Waals surface area contributed by atoms with Crippen molar-refractivity contribution in [1.29, 1.82) is 0 Å². The molecule has 0 aliphatic carbocycles. The second kappa shape index (κ2) is 6.50. The SMILES string of the molecule is CCOCCCOc1cc(C)sc1C(=O)O. The molecule has 90 valence electrons. The van der Waals surface area contributed by atoms with Crippen molar-refractivity contribution in [3.05, 3.63) is 15.8 Å². The van der Waals surface area contributed by atoms with Crippen molar-refractivity contribution < 1.29 is 19.4 Å². The van der Waals surface area contributed by atoms with Crippen LogP contribution in [0.2, 0.25) is 0 Å². The van der Waals surface area contributed by atoms with Crippen LogP contribution in [-0.2, 0) is 4.74 Å². The standard InChI is InChI=1S/C11H16O4S/c1-3-14-5-4-6-15-9-7-8(2)16-10(9)11(12)13/h7H,3-6H2,1-2H3,(H,12,13). The third kappa shape index (κ3) is 3.83. The highest BCUT2D eigenvalue weighted by Gasteiger charge is 2.14. The van der Waals surface area contributed by atoms with Gasteiger partial charge in [0.1, 0.15) is 5.75 Å². The lowest BCUT2D eigenvalue weighted by Crippen LogP contribution is -2.04. The zero-order valence-corrected chi connectivity index (χ0v) is 10.3. The van der Waals surface area contributed by atoms with Crippen LogP contribution in [0.1, 0.15) is 27.9 Å². The summed E-state index contributed by atoms with van der Waals surface area (Å²) in [5, 5.41) is 8.93. The zero-order valence-electron chi connectivity index (χ0n) is 9.49. The van der Waals surface area contributed by atoms with Gasteiger partial charge in [0.15, 0.2) is 4.88 Å². The number of aromatic carboxylic acids is 1. The van der Waals surface area contributed by atoms with Gasteiger partial charge in [-0.15, -0.1) is 11.3 Å². The highest BCUT2D eigenvalue weighted by molar-refractivity contribution is 7.14. The fourth-order valence-corrected chi connectivity index (χ4v) is 2.03. The molecule has 0 aliphatic heterocycles. The Morgan fingerprint density at radius 1 is 1.50 bits per heavy atom. The largest absolute Gasteiger partial charge is 0.492 e. The van der Waals surface area contributed by atoms with Crippen LogP contribution in [0, 0.1) is 6.92 Å². The molecule has 0 aromatic carbocycles. The van der Waals surface area contributed by atoms with E-state index in [9.17, 15) is 4.79 Å². The number of ether oxygens (including phenoxy) is 2. The summed E-state index contributed by atoms with van der Waals surface area (Å²) in [6, 6.07) is 1.76. The molecular weight excluding hydrogens is 228 g/mol. The molecule has 0 atom stereocenters. The summed E-state index contributed by atoms with van der Waals surface area (Å²) >= 11 is 1.23. The van der Waals surface area contributed by atoms with Gasteiger partial charge in [-0.05, 0) is 19.9 Å². The minimum absolute atomic E-state index is 0.272. The van der Waals surface area contributed by atoms with E-state index < -0.39 is 5.97 Å². The number of carbonyl (C=O) groups is 1. The Balaban J connectivity index is 2.44. The average Bonchev–Trinajstić information content (AvgIpc) is 2.59. The first-order chi connectivity index (χ1) is 7.65. The molecule has 0 bridgehead atoms. The fraction of sp³-hybridized carbons (Fsp3) is 0.545. The van der Waals surface area contributed by atoms with Crippen molar-refractivity contribution in [2.75, 3.05) is 19.8 Å². The van der Waals surface area contributed by atoms with E-state index in [1.54, 1.807) is 6.07 Å². The quantitative estimate of drug-likeness (QED) is 0.749. The molecule has 0 radical (unpaired) electrons. The number of hydrogen-bond donors (Lipinski definition) is 1. The van der Waals surface area contributed by atoms with Crippen LogP contribution in [0.4, 0.5) is 0 Å². The molecule has 1 heterocycles. The van der Waals surface area contributed by atoms with Gasteiger partial charge in [0.25, 0.3) is 0 Å². The number of hydrogen-bond acceptors (Lipinski definition) is 4. The van der Waals surface area contributed by atoms with Gasteiger partial charge < -0.3 is 14.6 Å². The minimum atomic E-state index is -0.932. The van der Waals surface area contributed by atoms with Crippen LogP contribution >= 0.6 is 11.3 Å². The van der Waals surface area contributed by atoms with Gasteiger partial charge in [-0.2, -0.15) is 0 Å². The van der Waals surface area contributed by atoms with Crippen LogP contribution < -0.4 is 4.74 Å². The Labute approximate surface area is 98.8 Å². The van der Waals surface area contributed by atoms with E-state index in [0.717, 1.165) is 11.3 Å². The van der Waals surface area contributed by atoms with Gasteiger partial charge in [0.2, 0.25) is 0 Å². The second-order valence-electron chi connectivity index (χ2n) is 3.25. The molecule has 0 saturated carbocycles. The Hall–Kier alpha value is -1.07. The number of carboxylic acids is 1. The first-order valence-corrected chi connectivity index (χ1v) is 6.01. The van der Waals surface area contributed by atoms with Crippen molar-refractivity contribution in [3.8, 4) is 5.75 Å². The molecule has 0 spiro atoms. The van der Waals surface area contributed by atoms with Gasteiger partial charge in [-0.1, -0.05) is 0 Å². The molecule has 1 rings (SSSR count). The maximum absolute atomic E-state index is 10.9. The molecule has 0 fully saturated rings. The maximum Gasteiger partial charge on any atom is 0.349 e. The van der Waals surface area contributed by atoms with Crippen LogP contribution in [0.5, 0.6) is 5.75 Å². The van der Waals surface area contributed by atoms with Crippen LogP contribution in [0.25, 0.3) is 0 Å². The molecule has 0 saturated heterocycles. The van der Waals surface area contributed by atoms with E-state index in [1.165, 1.54) is 11.3 Å². The van der Waals surface area contributed by atoms with Gasteiger partial charge in [0, 0.05) is 24.5 Å². The topological polar surface area (TPSA) is 55.8 Å². The lowest BCUT2D eigenvalue weighted by atomic mass is 10.4. The average molecular weight is 244 g/mol. The number of carboxylic acid groups (broad SMARTS) is 1. The van der Waals surface area contributed by atoms with Gasteiger partial charge in [-0.25, -0.2) is 4.79 Å².